The van der Waals surface area contributed by atoms with Crippen LogP contribution < -0.4 is 11.1 Å². The minimum absolute atomic E-state index is 0.00194. The molecular formula is C15H20N2O. The number of amides is 1. The monoisotopic (exact) mass is 244 g/mol. The number of carbonyl (C=O) groups excluding carboxylic acids is 1. The van der Waals surface area contributed by atoms with Gasteiger partial charge in [-0.1, -0.05) is 44.7 Å². The summed E-state index contributed by atoms with van der Waals surface area (Å²) in [6.45, 7) is 6.86. The predicted octanol–water partition coefficient (Wildman–Crippen LogP) is 1.41. The lowest BCUT2D eigenvalue weighted by molar-refractivity contribution is -0.119. The van der Waals surface area contributed by atoms with Crippen LogP contribution in [-0.2, 0) is 10.2 Å². The maximum absolute atomic E-state index is 10.9. The van der Waals surface area contributed by atoms with Gasteiger partial charge < -0.3 is 11.1 Å². The van der Waals surface area contributed by atoms with Crippen LogP contribution in [0.15, 0.2) is 24.3 Å². The Morgan fingerprint density at radius 2 is 1.89 bits per heavy atom. The van der Waals surface area contributed by atoms with Crippen LogP contribution >= 0.6 is 0 Å². The highest BCUT2D eigenvalue weighted by Gasteiger charge is 2.12. The SMILES string of the molecule is CC(C)(C)c1ccc(C#CCNC(=O)CN)cc1. The van der Waals surface area contributed by atoms with Crippen LogP contribution in [0.3, 0.4) is 0 Å². The zero-order valence-electron chi connectivity index (χ0n) is 11.2. The number of hydrogen-bond acceptors (Lipinski definition) is 2. The maximum Gasteiger partial charge on any atom is 0.234 e. The van der Waals surface area contributed by atoms with Gasteiger partial charge in [-0.05, 0) is 23.1 Å². The van der Waals surface area contributed by atoms with E-state index < -0.39 is 0 Å². The van der Waals surface area contributed by atoms with Crippen molar-refractivity contribution in [3.63, 3.8) is 0 Å². The quantitative estimate of drug-likeness (QED) is 0.773. The highest BCUT2D eigenvalue weighted by atomic mass is 16.1. The molecule has 1 aromatic rings. The Balaban J connectivity index is 2.59. The molecule has 1 aromatic carbocycles. The average Bonchev–Trinajstić information content (AvgIpc) is 2.33. The Morgan fingerprint density at radius 1 is 1.28 bits per heavy atom. The number of nitrogens with two attached hydrogens (primary N) is 1. The molecule has 3 nitrogen and oxygen atoms in total. The summed E-state index contributed by atoms with van der Waals surface area (Å²) in [6.07, 6.45) is 0. The van der Waals surface area contributed by atoms with Crippen molar-refractivity contribution in [3.8, 4) is 11.8 Å². The molecule has 1 amide bonds. The first-order valence-electron chi connectivity index (χ1n) is 5.99. The van der Waals surface area contributed by atoms with Crippen molar-refractivity contribution >= 4 is 5.91 Å². The van der Waals surface area contributed by atoms with Crippen molar-refractivity contribution < 1.29 is 4.79 Å². The Labute approximate surface area is 109 Å². The van der Waals surface area contributed by atoms with E-state index in [9.17, 15) is 4.79 Å². The van der Waals surface area contributed by atoms with Gasteiger partial charge in [0.15, 0.2) is 0 Å². The molecule has 0 unspecified atom stereocenters. The van der Waals surface area contributed by atoms with E-state index in [0.29, 0.717) is 6.54 Å². The van der Waals surface area contributed by atoms with Crippen molar-refractivity contribution in [3.05, 3.63) is 35.4 Å². The molecule has 0 aliphatic carbocycles. The molecule has 0 atom stereocenters. The van der Waals surface area contributed by atoms with E-state index in [1.165, 1.54) is 5.56 Å². The lowest BCUT2D eigenvalue weighted by Crippen LogP contribution is -2.30. The molecule has 1 rings (SSSR count). The fourth-order valence-corrected chi connectivity index (χ4v) is 1.41. The van der Waals surface area contributed by atoms with Crippen molar-refractivity contribution in [2.75, 3.05) is 13.1 Å². The van der Waals surface area contributed by atoms with Gasteiger partial charge >= 0.3 is 0 Å². The average molecular weight is 244 g/mol. The van der Waals surface area contributed by atoms with E-state index in [1.54, 1.807) is 0 Å². The Kier molecular flexibility index (Phi) is 4.94. The van der Waals surface area contributed by atoms with E-state index in [2.05, 4.69) is 50.1 Å². The molecule has 3 N–H and O–H groups in total. The van der Waals surface area contributed by atoms with Crippen molar-refractivity contribution in [1.82, 2.24) is 5.32 Å². The first-order chi connectivity index (χ1) is 8.43. The number of benzene rings is 1. The fourth-order valence-electron chi connectivity index (χ4n) is 1.41. The summed E-state index contributed by atoms with van der Waals surface area (Å²) in [6, 6.07) is 8.17. The van der Waals surface area contributed by atoms with E-state index in [1.807, 2.05) is 12.1 Å². The van der Waals surface area contributed by atoms with Crippen LogP contribution in [0.2, 0.25) is 0 Å². The molecule has 0 saturated carbocycles. The topological polar surface area (TPSA) is 55.1 Å². The summed E-state index contributed by atoms with van der Waals surface area (Å²) in [5, 5.41) is 2.60. The predicted molar refractivity (Wildman–Crippen MR) is 74.1 cm³/mol. The normalized spacial score (nSPS) is 10.4. The Hall–Kier alpha value is -1.79. The van der Waals surface area contributed by atoms with Gasteiger partial charge in [0.1, 0.15) is 0 Å². The molecule has 0 heterocycles. The van der Waals surface area contributed by atoms with Crippen molar-refractivity contribution in [2.24, 2.45) is 5.73 Å². The van der Waals surface area contributed by atoms with Crippen molar-refractivity contribution in [1.29, 1.82) is 0 Å². The summed E-state index contributed by atoms with van der Waals surface area (Å²) < 4.78 is 0. The number of carbonyl (C=O) groups is 1. The van der Waals surface area contributed by atoms with E-state index in [-0.39, 0.29) is 17.9 Å². The molecule has 0 aromatic heterocycles. The largest absolute Gasteiger partial charge is 0.344 e. The van der Waals surface area contributed by atoms with Gasteiger partial charge in [-0.25, -0.2) is 0 Å². The van der Waals surface area contributed by atoms with Gasteiger partial charge in [0.25, 0.3) is 0 Å². The summed E-state index contributed by atoms with van der Waals surface area (Å²) in [4.78, 5) is 10.9. The van der Waals surface area contributed by atoms with E-state index in [0.717, 1.165) is 5.56 Å². The Morgan fingerprint density at radius 3 is 2.39 bits per heavy atom. The molecule has 96 valence electrons. The molecule has 18 heavy (non-hydrogen) atoms. The standard InChI is InChI=1S/C15H20N2O/c1-15(2,3)13-8-6-12(7-9-13)5-4-10-17-14(18)11-16/h6-9H,10-11,16H2,1-3H3,(H,17,18). The molecule has 0 fully saturated rings. The zero-order chi connectivity index (χ0) is 13.6. The van der Waals surface area contributed by atoms with E-state index >= 15 is 0 Å². The number of hydrogen-bond donors (Lipinski definition) is 2. The molecule has 0 aliphatic rings. The smallest absolute Gasteiger partial charge is 0.234 e. The molecular weight excluding hydrogens is 224 g/mol. The fraction of sp³-hybridized carbons (Fsp3) is 0.400. The third-order valence-corrected chi connectivity index (χ3v) is 2.54. The molecule has 0 saturated heterocycles. The summed E-state index contributed by atoms with van der Waals surface area (Å²) in [5.74, 6) is 5.70. The minimum atomic E-state index is -0.188. The van der Waals surface area contributed by atoms with Gasteiger partial charge in [0.05, 0.1) is 13.1 Å². The van der Waals surface area contributed by atoms with Crippen LogP contribution in [0.25, 0.3) is 0 Å². The molecule has 0 radical (unpaired) electrons. The number of rotatable bonds is 2. The maximum atomic E-state index is 10.9. The summed E-state index contributed by atoms with van der Waals surface area (Å²) in [5.41, 5.74) is 7.55. The van der Waals surface area contributed by atoms with Crippen LogP contribution in [0.5, 0.6) is 0 Å². The summed E-state index contributed by atoms with van der Waals surface area (Å²) >= 11 is 0. The molecule has 3 heteroatoms. The summed E-state index contributed by atoms with van der Waals surface area (Å²) in [7, 11) is 0. The number of nitrogens with one attached hydrogen (secondary N) is 1. The van der Waals surface area contributed by atoms with E-state index in [4.69, 9.17) is 5.73 Å². The third-order valence-electron chi connectivity index (χ3n) is 2.54. The first kappa shape index (κ1) is 14.3. The van der Waals surface area contributed by atoms with Gasteiger partial charge in [-0.15, -0.1) is 0 Å². The minimum Gasteiger partial charge on any atom is -0.344 e. The zero-order valence-corrected chi connectivity index (χ0v) is 11.2. The van der Waals surface area contributed by atoms with Gasteiger partial charge in [0.2, 0.25) is 5.91 Å². The first-order valence-corrected chi connectivity index (χ1v) is 5.99. The van der Waals surface area contributed by atoms with Gasteiger partial charge in [-0.3, -0.25) is 4.79 Å². The molecule has 0 spiro atoms. The second kappa shape index (κ2) is 6.23. The van der Waals surface area contributed by atoms with Crippen LogP contribution in [0.4, 0.5) is 0 Å². The van der Waals surface area contributed by atoms with Gasteiger partial charge in [-0.2, -0.15) is 0 Å². The lowest BCUT2D eigenvalue weighted by Gasteiger charge is -2.18. The second-order valence-corrected chi connectivity index (χ2v) is 5.11. The van der Waals surface area contributed by atoms with Gasteiger partial charge in [0, 0.05) is 5.56 Å². The van der Waals surface area contributed by atoms with Crippen LogP contribution in [-0.4, -0.2) is 19.0 Å². The third kappa shape index (κ3) is 4.60. The highest BCUT2D eigenvalue weighted by molar-refractivity contribution is 5.77. The van der Waals surface area contributed by atoms with Crippen molar-refractivity contribution in [2.45, 2.75) is 26.2 Å². The lowest BCUT2D eigenvalue weighted by atomic mass is 9.87. The highest BCUT2D eigenvalue weighted by Crippen LogP contribution is 2.21. The molecule has 0 bridgehead atoms. The molecule has 0 aliphatic heterocycles. The second-order valence-electron chi connectivity index (χ2n) is 5.11. The van der Waals surface area contributed by atoms with Crippen LogP contribution in [0.1, 0.15) is 31.9 Å². The Bertz CT molecular complexity index is 458. The van der Waals surface area contributed by atoms with Crippen LogP contribution in [0, 0.1) is 11.8 Å².